The van der Waals surface area contributed by atoms with Crippen LogP contribution in [0, 0.1) is 0 Å². The number of pyridine rings is 1. The highest BCUT2D eigenvalue weighted by atomic mass is 16.5. The molecule has 1 aromatic heterocycles. The molecule has 0 saturated carbocycles. The van der Waals surface area contributed by atoms with Gasteiger partial charge in [0.25, 0.3) is 0 Å². The molecule has 1 aliphatic rings. The summed E-state index contributed by atoms with van der Waals surface area (Å²) in [6.45, 7) is 4.70. The van der Waals surface area contributed by atoms with Gasteiger partial charge in [-0.1, -0.05) is 13.0 Å². The van der Waals surface area contributed by atoms with Gasteiger partial charge < -0.3 is 10.1 Å². The van der Waals surface area contributed by atoms with Gasteiger partial charge in [0.05, 0.1) is 7.11 Å². The summed E-state index contributed by atoms with van der Waals surface area (Å²) in [6.07, 6.45) is 4.77. The van der Waals surface area contributed by atoms with Crippen molar-refractivity contribution in [2.45, 2.75) is 38.8 Å². The number of carbonyl (C=O) groups is 1. The Morgan fingerprint density at radius 3 is 3.20 bits per heavy atom. The zero-order valence-corrected chi connectivity index (χ0v) is 12.3. The van der Waals surface area contributed by atoms with Gasteiger partial charge >= 0.3 is 5.97 Å². The highest BCUT2D eigenvalue weighted by Crippen LogP contribution is 2.23. The first kappa shape index (κ1) is 14.8. The van der Waals surface area contributed by atoms with Gasteiger partial charge in [0.2, 0.25) is 0 Å². The van der Waals surface area contributed by atoms with E-state index in [0.717, 1.165) is 50.3 Å². The molecular weight excluding hydrogens is 254 g/mol. The van der Waals surface area contributed by atoms with Gasteiger partial charge in [-0.15, -0.1) is 0 Å². The first-order valence-corrected chi connectivity index (χ1v) is 7.26. The Bertz CT molecular complexity index is 450. The summed E-state index contributed by atoms with van der Waals surface area (Å²) in [6, 6.07) is 3.90. The van der Waals surface area contributed by atoms with Gasteiger partial charge in [-0.05, 0) is 31.9 Å². The molecule has 1 fully saturated rings. The molecule has 0 bridgehead atoms. The molecule has 1 atom stereocenters. The molecule has 5 heteroatoms. The number of anilines is 1. The molecule has 20 heavy (non-hydrogen) atoms. The van der Waals surface area contributed by atoms with Crippen molar-refractivity contribution >= 4 is 11.8 Å². The average molecular weight is 277 g/mol. The highest BCUT2D eigenvalue weighted by molar-refractivity contribution is 5.76. The number of hydrogen-bond acceptors (Lipinski definition) is 5. The number of rotatable bonds is 6. The fourth-order valence-corrected chi connectivity index (χ4v) is 2.61. The minimum atomic E-state index is -0.130. The normalized spacial score (nSPS) is 19.0. The Morgan fingerprint density at radius 1 is 1.60 bits per heavy atom. The number of methoxy groups -OCH3 is 1. The number of ether oxygens (including phenoxy) is 1. The molecule has 1 saturated heterocycles. The maximum atomic E-state index is 11.8. The van der Waals surface area contributed by atoms with Crippen molar-refractivity contribution in [3.05, 3.63) is 23.9 Å². The van der Waals surface area contributed by atoms with E-state index >= 15 is 0 Å². The Kier molecular flexibility index (Phi) is 5.35. The van der Waals surface area contributed by atoms with Crippen molar-refractivity contribution in [2.24, 2.45) is 0 Å². The molecule has 2 heterocycles. The van der Waals surface area contributed by atoms with E-state index in [4.69, 9.17) is 4.74 Å². The quantitative estimate of drug-likeness (QED) is 0.806. The lowest BCUT2D eigenvalue weighted by atomic mass is 10.2. The number of esters is 1. The SMILES string of the molecule is CCCNc1ncccc1CN1CCCC1C(=O)OC. The van der Waals surface area contributed by atoms with Crippen LogP contribution in [-0.2, 0) is 16.1 Å². The van der Waals surface area contributed by atoms with Crippen molar-refractivity contribution < 1.29 is 9.53 Å². The van der Waals surface area contributed by atoms with Crippen LogP contribution in [0.25, 0.3) is 0 Å². The van der Waals surface area contributed by atoms with Crippen LogP contribution in [0.4, 0.5) is 5.82 Å². The van der Waals surface area contributed by atoms with Crippen LogP contribution in [-0.4, -0.2) is 42.1 Å². The van der Waals surface area contributed by atoms with E-state index in [1.807, 2.05) is 6.07 Å². The Balaban J connectivity index is 2.07. The van der Waals surface area contributed by atoms with Gasteiger partial charge in [-0.3, -0.25) is 9.69 Å². The topological polar surface area (TPSA) is 54.5 Å². The minimum absolute atomic E-state index is 0.112. The van der Waals surface area contributed by atoms with Crippen LogP contribution in [0.15, 0.2) is 18.3 Å². The van der Waals surface area contributed by atoms with Gasteiger partial charge in [0, 0.05) is 24.8 Å². The highest BCUT2D eigenvalue weighted by Gasteiger charge is 2.31. The molecule has 0 aromatic carbocycles. The molecule has 110 valence electrons. The van der Waals surface area contributed by atoms with Crippen molar-refractivity contribution in [3.8, 4) is 0 Å². The van der Waals surface area contributed by atoms with Crippen LogP contribution in [0.2, 0.25) is 0 Å². The molecule has 1 unspecified atom stereocenters. The van der Waals surface area contributed by atoms with Gasteiger partial charge in [0.1, 0.15) is 11.9 Å². The van der Waals surface area contributed by atoms with Crippen LogP contribution in [0.3, 0.4) is 0 Å². The number of nitrogens with one attached hydrogen (secondary N) is 1. The summed E-state index contributed by atoms with van der Waals surface area (Å²) in [5.41, 5.74) is 1.14. The third-order valence-corrected chi connectivity index (χ3v) is 3.64. The van der Waals surface area contributed by atoms with E-state index in [-0.39, 0.29) is 12.0 Å². The molecule has 1 aromatic rings. The first-order chi connectivity index (χ1) is 9.76. The fourth-order valence-electron chi connectivity index (χ4n) is 2.61. The maximum absolute atomic E-state index is 11.8. The van der Waals surface area contributed by atoms with Crippen LogP contribution >= 0.6 is 0 Å². The molecular formula is C15H23N3O2. The van der Waals surface area contributed by atoms with Crippen LogP contribution < -0.4 is 5.32 Å². The molecule has 5 nitrogen and oxygen atoms in total. The van der Waals surface area contributed by atoms with E-state index in [0.29, 0.717) is 0 Å². The summed E-state index contributed by atoms with van der Waals surface area (Å²) in [4.78, 5) is 18.4. The second kappa shape index (κ2) is 7.24. The van der Waals surface area contributed by atoms with Gasteiger partial charge in [-0.2, -0.15) is 0 Å². The molecule has 0 radical (unpaired) electrons. The standard InChI is InChI=1S/C15H23N3O2/c1-3-8-16-14-12(6-4-9-17-14)11-18-10-5-7-13(18)15(19)20-2/h4,6,9,13H,3,5,7-8,10-11H2,1-2H3,(H,16,17). The van der Waals surface area contributed by atoms with Crippen molar-refractivity contribution in [1.82, 2.24) is 9.88 Å². The average Bonchev–Trinajstić information content (AvgIpc) is 2.93. The zero-order chi connectivity index (χ0) is 14.4. The lowest BCUT2D eigenvalue weighted by molar-refractivity contribution is -0.146. The lowest BCUT2D eigenvalue weighted by Crippen LogP contribution is -2.36. The van der Waals surface area contributed by atoms with E-state index < -0.39 is 0 Å². The van der Waals surface area contributed by atoms with E-state index in [1.54, 1.807) is 6.20 Å². The van der Waals surface area contributed by atoms with Crippen molar-refractivity contribution in [1.29, 1.82) is 0 Å². The largest absolute Gasteiger partial charge is 0.468 e. The van der Waals surface area contributed by atoms with E-state index in [2.05, 4.69) is 28.2 Å². The van der Waals surface area contributed by atoms with Crippen molar-refractivity contribution in [2.75, 3.05) is 25.5 Å². The number of carbonyl (C=O) groups excluding carboxylic acids is 1. The first-order valence-electron chi connectivity index (χ1n) is 7.26. The minimum Gasteiger partial charge on any atom is -0.468 e. The molecule has 0 aliphatic carbocycles. The number of aromatic nitrogens is 1. The predicted octanol–water partition coefficient (Wildman–Crippen LogP) is 2.04. The summed E-state index contributed by atoms with van der Waals surface area (Å²) in [5.74, 6) is 0.791. The summed E-state index contributed by atoms with van der Waals surface area (Å²) < 4.78 is 4.89. The molecule has 1 aliphatic heterocycles. The Morgan fingerprint density at radius 2 is 2.45 bits per heavy atom. The Hall–Kier alpha value is -1.62. The predicted molar refractivity (Wildman–Crippen MR) is 78.5 cm³/mol. The number of hydrogen-bond donors (Lipinski definition) is 1. The van der Waals surface area contributed by atoms with E-state index in [1.165, 1.54) is 7.11 Å². The second-order valence-electron chi connectivity index (χ2n) is 5.09. The van der Waals surface area contributed by atoms with E-state index in [9.17, 15) is 4.79 Å². The smallest absolute Gasteiger partial charge is 0.323 e. The van der Waals surface area contributed by atoms with Crippen molar-refractivity contribution in [3.63, 3.8) is 0 Å². The van der Waals surface area contributed by atoms with Gasteiger partial charge in [0.15, 0.2) is 0 Å². The summed E-state index contributed by atoms with van der Waals surface area (Å²) in [7, 11) is 1.46. The maximum Gasteiger partial charge on any atom is 0.323 e. The number of likely N-dealkylation sites (tertiary alicyclic amines) is 1. The second-order valence-corrected chi connectivity index (χ2v) is 5.09. The zero-order valence-electron chi connectivity index (χ0n) is 12.3. The van der Waals surface area contributed by atoms with Crippen LogP contribution in [0.5, 0.6) is 0 Å². The monoisotopic (exact) mass is 277 g/mol. The van der Waals surface area contributed by atoms with Gasteiger partial charge in [-0.25, -0.2) is 4.98 Å². The third-order valence-electron chi connectivity index (χ3n) is 3.64. The fraction of sp³-hybridized carbons (Fsp3) is 0.600. The lowest BCUT2D eigenvalue weighted by Gasteiger charge is -2.23. The third kappa shape index (κ3) is 3.48. The molecule has 2 rings (SSSR count). The number of nitrogens with zero attached hydrogens (tertiary/aromatic N) is 2. The molecule has 1 N–H and O–H groups in total. The molecule has 0 amide bonds. The van der Waals surface area contributed by atoms with Crippen LogP contribution in [0.1, 0.15) is 31.7 Å². The molecule has 0 spiro atoms. The Labute approximate surface area is 120 Å². The summed E-state index contributed by atoms with van der Waals surface area (Å²) in [5, 5.41) is 3.34. The summed E-state index contributed by atoms with van der Waals surface area (Å²) >= 11 is 0.